The van der Waals surface area contributed by atoms with Crippen molar-refractivity contribution in [3.8, 4) is 0 Å². The minimum absolute atomic E-state index is 0.438. The number of rotatable bonds is 5. The first-order valence-electron chi connectivity index (χ1n) is 4.45. The van der Waals surface area contributed by atoms with Crippen LogP contribution in [-0.2, 0) is 4.79 Å². The molecule has 0 aliphatic heterocycles. The Labute approximate surface area is 84.8 Å². The molecule has 0 heterocycles. The van der Waals surface area contributed by atoms with Crippen molar-refractivity contribution < 1.29 is 4.79 Å². The van der Waals surface area contributed by atoms with Crippen LogP contribution in [0.5, 0.6) is 0 Å². The van der Waals surface area contributed by atoms with Crippen LogP contribution >= 0.6 is 11.6 Å². The van der Waals surface area contributed by atoms with Gasteiger partial charge in [0.2, 0.25) is 5.24 Å². The van der Waals surface area contributed by atoms with Crippen LogP contribution in [0, 0.1) is 0 Å². The molecule has 1 nitrogen and oxygen atoms in total. The van der Waals surface area contributed by atoms with Crippen LogP contribution in [0.3, 0.4) is 0 Å². The Kier molecular flexibility index (Phi) is 7.32. The van der Waals surface area contributed by atoms with Gasteiger partial charge >= 0.3 is 0 Å². The summed E-state index contributed by atoms with van der Waals surface area (Å²) >= 11 is 5.18. The molecule has 0 N–H and O–H groups in total. The lowest BCUT2D eigenvalue weighted by molar-refractivity contribution is -0.107. The van der Waals surface area contributed by atoms with Crippen LogP contribution in [0.25, 0.3) is 0 Å². The first kappa shape index (κ1) is 12.2. The first-order valence-corrected chi connectivity index (χ1v) is 4.82. The van der Waals surface area contributed by atoms with Crippen LogP contribution in [-0.4, -0.2) is 5.24 Å². The van der Waals surface area contributed by atoms with Crippen LogP contribution in [0.1, 0.15) is 26.7 Å². The van der Waals surface area contributed by atoms with E-state index in [1.807, 2.05) is 18.2 Å². The minimum atomic E-state index is -0.438. The number of allylic oxidation sites excluding steroid dienone is 6. The summed E-state index contributed by atoms with van der Waals surface area (Å²) in [6.45, 7) is 4.12. The molecule has 72 valence electrons. The van der Waals surface area contributed by atoms with E-state index in [4.69, 9.17) is 11.6 Å². The van der Waals surface area contributed by atoms with Crippen molar-refractivity contribution >= 4 is 16.8 Å². The van der Waals surface area contributed by atoms with E-state index in [-0.39, 0.29) is 0 Å². The third-order valence-corrected chi connectivity index (χ3v) is 1.52. The summed E-state index contributed by atoms with van der Waals surface area (Å²) in [5, 5.41) is -0.438. The number of carbonyl (C=O) groups excluding carboxylic acids is 1. The lowest BCUT2D eigenvalue weighted by Crippen LogP contribution is -1.77. The highest BCUT2D eigenvalue weighted by molar-refractivity contribution is 6.66. The lowest BCUT2D eigenvalue weighted by atomic mass is 10.2. The summed E-state index contributed by atoms with van der Waals surface area (Å²) in [5.41, 5.74) is 1.03. The van der Waals surface area contributed by atoms with Gasteiger partial charge in [-0.3, -0.25) is 4.79 Å². The van der Waals surface area contributed by atoms with Crippen molar-refractivity contribution in [1.82, 2.24) is 0 Å². The zero-order valence-corrected chi connectivity index (χ0v) is 8.84. The minimum Gasteiger partial charge on any atom is -0.276 e. The molecule has 0 saturated heterocycles. The van der Waals surface area contributed by atoms with Crippen molar-refractivity contribution in [1.29, 1.82) is 0 Å². The maximum Gasteiger partial charge on any atom is 0.245 e. The lowest BCUT2D eigenvalue weighted by Gasteiger charge is -1.91. The number of hydrogen-bond donors (Lipinski definition) is 0. The Balaban J connectivity index is 4.35. The average Bonchev–Trinajstić information content (AvgIpc) is 2.09. The van der Waals surface area contributed by atoms with Crippen LogP contribution in [0.4, 0.5) is 0 Å². The van der Waals surface area contributed by atoms with Gasteiger partial charge in [-0.05, 0) is 36.1 Å². The molecule has 0 amide bonds. The van der Waals surface area contributed by atoms with Gasteiger partial charge in [0.05, 0.1) is 0 Å². The molecule has 0 radical (unpaired) electrons. The van der Waals surface area contributed by atoms with Crippen LogP contribution in [0.2, 0.25) is 0 Å². The molecular weight excluding hydrogens is 184 g/mol. The summed E-state index contributed by atoms with van der Waals surface area (Å²) in [7, 11) is 0. The molecular formula is C11H15ClO. The Morgan fingerprint density at radius 3 is 2.31 bits per heavy atom. The molecule has 0 fully saturated rings. The molecule has 0 aliphatic carbocycles. The van der Waals surface area contributed by atoms with Gasteiger partial charge < -0.3 is 0 Å². The normalized spacial score (nSPS) is 13.0. The van der Waals surface area contributed by atoms with Crippen molar-refractivity contribution in [2.45, 2.75) is 26.7 Å². The highest BCUT2D eigenvalue weighted by Gasteiger charge is 1.87. The highest BCUT2D eigenvalue weighted by Crippen LogP contribution is 2.03. The number of halogens is 1. The largest absolute Gasteiger partial charge is 0.276 e. The fourth-order valence-corrected chi connectivity index (χ4v) is 0.906. The second-order valence-corrected chi connectivity index (χ2v) is 2.93. The predicted octanol–water partition coefficient (Wildman–Crippen LogP) is 3.61. The Hall–Kier alpha value is -0.820. The van der Waals surface area contributed by atoms with E-state index in [1.165, 1.54) is 6.08 Å². The molecule has 13 heavy (non-hydrogen) atoms. The zero-order chi connectivity index (χ0) is 10.1. The zero-order valence-electron chi connectivity index (χ0n) is 8.09. The van der Waals surface area contributed by atoms with Crippen molar-refractivity contribution in [2.24, 2.45) is 0 Å². The molecule has 0 rings (SSSR count). The predicted molar refractivity (Wildman–Crippen MR) is 57.8 cm³/mol. The quantitative estimate of drug-likeness (QED) is 0.375. The molecule has 0 unspecified atom stereocenters. The second-order valence-electron chi connectivity index (χ2n) is 2.56. The van der Waals surface area contributed by atoms with Gasteiger partial charge in [-0.15, -0.1) is 0 Å². The van der Waals surface area contributed by atoms with E-state index in [9.17, 15) is 4.79 Å². The number of hydrogen-bond acceptors (Lipinski definition) is 1. The van der Waals surface area contributed by atoms with Gasteiger partial charge in [0.25, 0.3) is 0 Å². The van der Waals surface area contributed by atoms with Crippen LogP contribution < -0.4 is 0 Å². The van der Waals surface area contributed by atoms with Gasteiger partial charge in [-0.2, -0.15) is 0 Å². The van der Waals surface area contributed by atoms with Gasteiger partial charge in [0.1, 0.15) is 0 Å². The Morgan fingerprint density at radius 2 is 1.85 bits per heavy atom. The molecule has 0 aliphatic rings. The maximum absolute atomic E-state index is 10.5. The average molecular weight is 199 g/mol. The Bertz CT molecular complexity index is 236. The molecule has 0 bridgehead atoms. The monoisotopic (exact) mass is 198 g/mol. The fraction of sp³-hybridized carbons (Fsp3) is 0.364. The Morgan fingerprint density at radius 1 is 1.15 bits per heavy atom. The third-order valence-electron chi connectivity index (χ3n) is 1.39. The third kappa shape index (κ3) is 7.54. The maximum atomic E-state index is 10.5. The van der Waals surface area contributed by atoms with Gasteiger partial charge in [-0.1, -0.05) is 38.2 Å². The second kappa shape index (κ2) is 7.81. The summed E-state index contributed by atoms with van der Waals surface area (Å²) in [6, 6.07) is 0. The molecule has 0 aromatic heterocycles. The van der Waals surface area contributed by atoms with E-state index in [2.05, 4.69) is 13.8 Å². The number of carbonyl (C=O) groups is 1. The van der Waals surface area contributed by atoms with Gasteiger partial charge in [0.15, 0.2) is 0 Å². The summed E-state index contributed by atoms with van der Waals surface area (Å²) in [4.78, 5) is 10.5. The standard InChI is InChI=1S/C11H15ClO/c1-3-5-7-10(6-4-2)8-9-11(12)13/h5-9H,3-4H2,1-2H3. The SMILES string of the molecule is CCC=CC(C=CC(=O)Cl)=CCC. The van der Waals surface area contributed by atoms with E-state index in [1.54, 1.807) is 6.08 Å². The molecule has 0 spiro atoms. The molecule has 0 aromatic carbocycles. The van der Waals surface area contributed by atoms with Gasteiger partial charge in [0, 0.05) is 0 Å². The van der Waals surface area contributed by atoms with Crippen molar-refractivity contribution in [3.63, 3.8) is 0 Å². The summed E-state index contributed by atoms with van der Waals surface area (Å²) in [5.74, 6) is 0. The van der Waals surface area contributed by atoms with Crippen LogP contribution in [0.15, 0.2) is 36.0 Å². The molecule has 2 heteroatoms. The van der Waals surface area contributed by atoms with Gasteiger partial charge in [-0.25, -0.2) is 0 Å². The molecule has 0 atom stereocenters. The summed E-state index contributed by atoms with van der Waals surface area (Å²) < 4.78 is 0. The fourth-order valence-electron chi connectivity index (χ4n) is 0.843. The van der Waals surface area contributed by atoms with E-state index >= 15 is 0 Å². The highest BCUT2D eigenvalue weighted by atomic mass is 35.5. The van der Waals surface area contributed by atoms with Crippen molar-refractivity contribution in [2.75, 3.05) is 0 Å². The smallest absolute Gasteiger partial charge is 0.245 e. The molecule has 0 aromatic rings. The topological polar surface area (TPSA) is 17.1 Å². The summed E-state index contributed by atoms with van der Waals surface area (Å²) in [6.07, 6.45) is 11.1. The van der Waals surface area contributed by atoms with Crippen molar-refractivity contribution in [3.05, 3.63) is 36.0 Å². The molecule has 0 saturated carbocycles. The van der Waals surface area contributed by atoms with E-state index in [0.29, 0.717) is 0 Å². The van der Waals surface area contributed by atoms with E-state index < -0.39 is 5.24 Å². The van der Waals surface area contributed by atoms with E-state index in [0.717, 1.165) is 18.4 Å². The first-order chi connectivity index (χ1) is 6.20.